The molecule has 0 saturated heterocycles. The van der Waals surface area contributed by atoms with Gasteiger partial charge in [-0.05, 0) is 12.1 Å². The predicted molar refractivity (Wildman–Crippen MR) is 68.4 cm³/mol. The third-order valence-corrected chi connectivity index (χ3v) is 2.38. The summed E-state index contributed by atoms with van der Waals surface area (Å²) in [6.07, 6.45) is 0.446. The van der Waals surface area contributed by atoms with Crippen molar-refractivity contribution in [2.24, 2.45) is 0 Å². The van der Waals surface area contributed by atoms with Gasteiger partial charge in [-0.1, -0.05) is 0 Å². The van der Waals surface area contributed by atoms with Gasteiger partial charge >= 0.3 is 5.97 Å². The summed E-state index contributed by atoms with van der Waals surface area (Å²) in [6.45, 7) is 1.35. The number of halogens is 2. The van der Waals surface area contributed by atoms with Crippen molar-refractivity contribution in [1.82, 2.24) is 0 Å². The van der Waals surface area contributed by atoms with E-state index < -0.39 is 28.9 Å². The Morgan fingerprint density at radius 3 is 2.65 bits per heavy atom. The van der Waals surface area contributed by atoms with E-state index in [0.717, 1.165) is 12.1 Å². The number of rotatable bonds is 8. The number of methoxy groups -OCH3 is 1. The number of carbonyl (C=O) groups is 1. The molecule has 20 heavy (non-hydrogen) atoms. The van der Waals surface area contributed by atoms with Crippen LogP contribution >= 0.6 is 0 Å². The van der Waals surface area contributed by atoms with Crippen molar-refractivity contribution in [2.45, 2.75) is 6.42 Å². The Morgan fingerprint density at radius 2 is 1.95 bits per heavy atom. The van der Waals surface area contributed by atoms with Crippen LogP contribution < -0.4 is 5.73 Å². The Hall–Kier alpha value is -1.73. The van der Waals surface area contributed by atoms with E-state index in [9.17, 15) is 13.6 Å². The quantitative estimate of drug-likeness (QED) is 0.448. The minimum absolute atomic E-state index is 0.0433. The maximum Gasteiger partial charge on any atom is 0.341 e. The van der Waals surface area contributed by atoms with Gasteiger partial charge in [0, 0.05) is 20.1 Å². The van der Waals surface area contributed by atoms with E-state index in [2.05, 4.69) is 0 Å². The van der Waals surface area contributed by atoms with Crippen molar-refractivity contribution < 1.29 is 27.8 Å². The molecule has 0 fully saturated rings. The van der Waals surface area contributed by atoms with Gasteiger partial charge in [0.1, 0.15) is 11.4 Å². The van der Waals surface area contributed by atoms with Crippen LogP contribution in [0.4, 0.5) is 14.5 Å². The molecule has 0 aromatic heterocycles. The Balaban J connectivity index is 2.36. The maximum absolute atomic E-state index is 13.5. The van der Waals surface area contributed by atoms with Crippen molar-refractivity contribution in [3.63, 3.8) is 0 Å². The number of anilines is 1. The second kappa shape index (κ2) is 8.44. The lowest BCUT2D eigenvalue weighted by molar-refractivity contribution is 0.0381. The van der Waals surface area contributed by atoms with Gasteiger partial charge in [0.05, 0.1) is 25.5 Å². The molecule has 2 N–H and O–H groups in total. The lowest BCUT2D eigenvalue weighted by atomic mass is 10.2. The first-order valence-electron chi connectivity index (χ1n) is 6.04. The topological polar surface area (TPSA) is 70.8 Å². The molecular weight excluding hydrogens is 272 g/mol. The zero-order valence-electron chi connectivity index (χ0n) is 11.2. The van der Waals surface area contributed by atoms with Crippen LogP contribution in [0.2, 0.25) is 0 Å². The van der Waals surface area contributed by atoms with Gasteiger partial charge in [0.2, 0.25) is 0 Å². The fourth-order valence-corrected chi connectivity index (χ4v) is 1.41. The Kier molecular flexibility index (Phi) is 6.89. The minimum atomic E-state index is -0.979. The average Bonchev–Trinajstić information content (AvgIpc) is 2.41. The maximum atomic E-state index is 13.5. The van der Waals surface area contributed by atoms with Crippen molar-refractivity contribution in [2.75, 3.05) is 39.3 Å². The van der Waals surface area contributed by atoms with E-state index in [1.54, 1.807) is 7.11 Å². The highest BCUT2D eigenvalue weighted by molar-refractivity contribution is 5.90. The van der Waals surface area contributed by atoms with E-state index in [0.29, 0.717) is 26.2 Å². The first-order valence-corrected chi connectivity index (χ1v) is 6.04. The fraction of sp³-hybridized carbons (Fsp3) is 0.462. The number of nitrogens with two attached hydrogens (primary N) is 1. The molecule has 0 spiro atoms. The van der Waals surface area contributed by atoms with Gasteiger partial charge in [-0.2, -0.15) is 0 Å². The molecule has 0 radical (unpaired) electrons. The van der Waals surface area contributed by atoms with Crippen molar-refractivity contribution in [1.29, 1.82) is 0 Å². The molecule has 1 aromatic rings. The summed E-state index contributed by atoms with van der Waals surface area (Å²) in [5.74, 6) is -2.72. The molecule has 112 valence electrons. The molecule has 0 aliphatic carbocycles. The molecule has 1 aromatic carbocycles. The van der Waals surface area contributed by atoms with E-state index in [-0.39, 0.29) is 6.61 Å². The Labute approximate surface area is 115 Å². The van der Waals surface area contributed by atoms with Crippen LogP contribution in [0.15, 0.2) is 12.1 Å². The number of ether oxygens (including phenoxy) is 3. The van der Waals surface area contributed by atoms with Crippen LogP contribution in [0.3, 0.4) is 0 Å². The zero-order valence-corrected chi connectivity index (χ0v) is 11.2. The minimum Gasteiger partial charge on any atom is -0.462 e. The predicted octanol–water partition coefficient (Wildman–Crippen LogP) is 1.76. The lowest BCUT2D eigenvalue weighted by Crippen LogP contribution is -2.12. The van der Waals surface area contributed by atoms with Crippen LogP contribution in [-0.4, -0.2) is 39.5 Å². The summed E-state index contributed by atoms with van der Waals surface area (Å²) in [6, 6.07) is 1.55. The van der Waals surface area contributed by atoms with Gasteiger partial charge in [0.15, 0.2) is 5.82 Å². The summed E-state index contributed by atoms with van der Waals surface area (Å²) in [7, 11) is 1.56. The highest BCUT2D eigenvalue weighted by Gasteiger charge is 2.17. The first kappa shape index (κ1) is 16.3. The summed E-state index contributed by atoms with van der Waals surface area (Å²) < 4.78 is 41.3. The van der Waals surface area contributed by atoms with E-state index >= 15 is 0 Å². The molecule has 0 aliphatic heterocycles. The molecule has 7 heteroatoms. The van der Waals surface area contributed by atoms with E-state index in [1.165, 1.54) is 0 Å². The highest BCUT2D eigenvalue weighted by Crippen LogP contribution is 2.18. The highest BCUT2D eigenvalue weighted by atomic mass is 19.1. The Bertz CT molecular complexity index is 454. The van der Waals surface area contributed by atoms with Gasteiger partial charge in [-0.3, -0.25) is 0 Å². The third kappa shape index (κ3) is 5.10. The summed E-state index contributed by atoms with van der Waals surface area (Å²) >= 11 is 0. The number of carbonyl (C=O) groups excluding carboxylic acids is 1. The molecular formula is C13H17F2NO4. The number of nitrogen functional groups attached to an aromatic ring is 1. The van der Waals surface area contributed by atoms with Crippen LogP contribution in [0.25, 0.3) is 0 Å². The zero-order chi connectivity index (χ0) is 15.0. The van der Waals surface area contributed by atoms with Gasteiger partial charge < -0.3 is 19.9 Å². The average molecular weight is 289 g/mol. The largest absolute Gasteiger partial charge is 0.462 e. The molecule has 0 bridgehead atoms. The second-order valence-corrected chi connectivity index (χ2v) is 3.95. The van der Waals surface area contributed by atoms with Crippen molar-refractivity contribution in [3.8, 4) is 0 Å². The smallest absolute Gasteiger partial charge is 0.341 e. The van der Waals surface area contributed by atoms with Crippen molar-refractivity contribution in [3.05, 3.63) is 29.3 Å². The van der Waals surface area contributed by atoms with Crippen LogP contribution in [0.1, 0.15) is 16.8 Å². The number of hydrogen-bond donors (Lipinski definition) is 1. The number of benzene rings is 1. The number of esters is 1. The SMILES string of the molecule is COCCOCCCOC(=O)c1cc(F)cc(N)c1F. The van der Waals surface area contributed by atoms with Gasteiger partial charge in [-0.25, -0.2) is 13.6 Å². The van der Waals surface area contributed by atoms with Crippen LogP contribution in [-0.2, 0) is 14.2 Å². The molecule has 0 heterocycles. The molecule has 0 unspecified atom stereocenters. The molecule has 0 aliphatic rings. The van der Waals surface area contributed by atoms with E-state index in [4.69, 9.17) is 19.9 Å². The van der Waals surface area contributed by atoms with E-state index in [1.807, 2.05) is 0 Å². The summed E-state index contributed by atoms with van der Waals surface area (Å²) in [5.41, 5.74) is 4.29. The number of hydrogen-bond acceptors (Lipinski definition) is 5. The van der Waals surface area contributed by atoms with Crippen molar-refractivity contribution >= 4 is 11.7 Å². The second-order valence-electron chi connectivity index (χ2n) is 3.95. The normalized spacial score (nSPS) is 10.6. The van der Waals surface area contributed by atoms with Crippen LogP contribution in [0.5, 0.6) is 0 Å². The van der Waals surface area contributed by atoms with Gasteiger partial charge in [-0.15, -0.1) is 0 Å². The summed E-state index contributed by atoms with van der Waals surface area (Å²) in [5, 5.41) is 0. The first-order chi connectivity index (χ1) is 9.56. The summed E-state index contributed by atoms with van der Waals surface area (Å²) in [4.78, 5) is 11.6. The molecule has 5 nitrogen and oxygen atoms in total. The Morgan fingerprint density at radius 1 is 1.20 bits per heavy atom. The fourth-order valence-electron chi connectivity index (χ4n) is 1.41. The third-order valence-electron chi connectivity index (χ3n) is 2.38. The molecule has 0 amide bonds. The van der Waals surface area contributed by atoms with Crippen LogP contribution in [0, 0.1) is 11.6 Å². The standard InChI is InChI=1S/C13H17F2NO4/c1-18-5-6-19-3-2-4-20-13(17)10-7-9(14)8-11(16)12(10)15/h7-8H,2-6,16H2,1H3. The molecule has 0 atom stereocenters. The lowest BCUT2D eigenvalue weighted by Gasteiger charge is -2.07. The monoisotopic (exact) mass is 289 g/mol. The molecule has 1 rings (SSSR count). The molecule has 0 saturated carbocycles. The van der Waals surface area contributed by atoms with Gasteiger partial charge in [0.25, 0.3) is 0 Å².